The third kappa shape index (κ3) is 3.64. The van der Waals surface area contributed by atoms with Crippen LogP contribution in [0.3, 0.4) is 0 Å². The van der Waals surface area contributed by atoms with Crippen LogP contribution in [0.2, 0.25) is 0 Å². The zero-order chi connectivity index (χ0) is 19.5. The minimum Gasteiger partial charge on any atom is -0.460 e. The summed E-state index contributed by atoms with van der Waals surface area (Å²) in [6.45, 7) is 1.31. The fraction of sp³-hybridized carbons (Fsp3) is 0.0435. The number of esters is 1. The van der Waals surface area contributed by atoms with Gasteiger partial charge in [-0.1, -0.05) is 42.5 Å². The van der Waals surface area contributed by atoms with Gasteiger partial charge in [-0.15, -0.1) is 0 Å². The normalized spacial score (nSPS) is 10.6. The molecule has 0 aliphatic carbocycles. The summed E-state index contributed by atoms with van der Waals surface area (Å²) < 4.78 is 16.2. The molecule has 0 radical (unpaired) electrons. The molecule has 1 heterocycles. The SMILES string of the molecule is CC(=O)Oc1ccc2c(=O)c(Oc3ccc(-c4ccccc4)cc3)coc2c1. The van der Waals surface area contributed by atoms with Crippen molar-refractivity contribution in [3.05, 3.63) is 89.3 Å². The second-order valence-electron chi connectivity index (χ2n) is 6.17. The quantitative estimate of drug-likeness (QED) is 0.365. The lowest BCUT2D eigenvalue weighted by Gasteiger charge is -2.08. The lowest BCUT2D eigenvalue weighted by molar-refractivity contribution is -0.131. The highest BCUT2D eigenvalue weighted by Gasteiger charge is 2.11. The summed E-state index contributed by atoms with van der Waals surface area (Å²) >= 11 is 0. The van der Waals surface area contributed by atoms with E-state index in [0.29, 0.717) is 22.5 Å². The molecule has 138 valence electrons. The van der Waals surface area contributed by atoms with Crippen LogP contribution >= 0.6 is 0 Å². The topological polar surface area (TPSA) is 65.7 Å². The number of fused-ring (bicyclic) bond motifs is 1. The third-order valence-electron chi connectivity index (χ3n) is 4.17. The molecule has 28 heavy (non-hydrogen) atoms. The van der Waals surface area contributed by atoms with Crippen molar-refractivity contribution in [2.45, 2.75) is 6.92 Å². The molecule has 0 aliphatic rings. The molecule has 3 aromatic carbocycles. The molecular weight excluding hydrogens is 356 g/mol. The maximum atomic E-state index is 12.7. The Hall–Kier alpha value is -3.86. The average molecular weight is 372 g/mol. The highest BCUT2D eigenvalue weighted by Crippen LogP contribution is 2.26. The van der Waals surface area contributed by atoms with Crippen molar-refractivity contribution in [3.63, 3.8) is 0 Å². The second kappa shape index (κ2) is 7.40. The molecule has 4 rings (SSSR count). The molecular formula is C23H16O5. The van der Waals surface area contributed by atoms with Crippen LogP contribution in [-0.4, -0.2) is 5.97 Å². The van der Waals surface area contributed by atoms with E-state index in [2.05, 4.69) is 0 Å². The Balaban J connectivity index is 1.60. The highest BCUT2D eigenvalue weighted by molar-refractivity contribution is 5.80. The van der Waals surface area contributed by atoms with E-state index in [1.807, 2.05) is 42.5 Å². The van der Waals surface area contributed by atoms with E-state index in [9.17, 15) is 9.59 Å². The van der Waals surface area contributed by atoms with E-state index in [1.54, 1.807) is 24.3 Å². The molecule has 5 nitrogen and oxygen atoms in total. The molecule has 0 spiro atoms. The van der Waals surface area contributed by atoms with Gasteiger partial charge in [-0.25, -0.2) is 0 Å². The summed E-state index contributed by atoms with van der Waals surface area (Å²) in [6, 6.07) is 22.0. The second-order valence-corrected chi connectivity index (χ2v) is 6.17. The van der Waals surface area contributed by atoms with Crippen molar-refractivity contribution in [1.82, 2.24) is 0 Å². The van der Waals surface area contributed by atoms with Crippen LogP contribution in [0.4, 0.5) is 0 Å². The zero-order valence-electron chi connectivity index (χ0n) is 15.0. The Morgan fingerprint density at radius 3 is 2.25 bits per heavy atom. The van der Waals surface area contributed by atoms with E-state index in [4.69, 9.17) is 13.9 Å². The summed E-state index contributed by atoms with van der Waals surface area (Å²) in [5, 5.41) is 0.342. The average Bonchev–Trinajstić information content (AvgIpc) is 2.71. The standard InChI is InChI=1S/C23H16O5/c1-15(24)27-19-11-12-20-21(13-19)26-14-22(23(20)25)28-18-9-7-17(8-10-18)16-5-3-2-4-6-16/h2-14H,1H3. The highest BCUT2D eigenvalue weighted by atomic mass is 16.5. The first-order chi connectivity index (χ1) is 13.6. The monoisotopic (exact) mass is 372 g/mol. The van der Waals surface area contributed by atoms with Gasteiger partial charge in [0, 0.05) is 13.0 Å². The Morgan fingerprint density at radius 2 is 1.54 bits per heavy atom. The fourth-order valence-electron chi connectivity index (χ4n) is 2.86. The van der Waals surface area contributed by atoms with Crippen LogP contribution in [0.25, 0.3) is 22.1 Å². The molecule has 0 aliphatic heterocycles. The summed E-state index contributed by atoms with van der Waals surface area (Å²) in [5.74, 6) is 0.483. The molecule has 0 saturated heterocycles. The lowest BCUT2D eigenvalue weighted by Crippen LogP contribution is -2.06. The van der Waals surface area contributed by atoms with Gasteiger partial charge in [0.2, 0.25) is 11.2 Å². The smallest absolute Gasteiger partial charge is 0.308 e. The fourth-order valence-corrected chi connectivity index (χ4v) is 2.86. The van der Waals surface area contributed by atoms with E-state index in [-0.39, 0.29) is 11.2 Å². The van der Waals surface area contributed by atoms with Gasteiger partial charge in [0.25, 0.3) is 0 Å². The van der Waals surface area contributed by atoms with Crippen molar-refractivity contribution < 1.29 is 18.7 Å². The van der Waals surface area contributed by atoms with Crippen LogP contribution in [0.1, 0.15) is 6.92 Å². The Labute approximate surface area is 160 Å². The Bertz CT molecular complexity index is 1190. The van der Waals surface area contributed by atoms with Crippen LogP contribution < -0.4 is 14.9 Å². The number of carbonyl (C=O) groups excluding carboxylic acids is 1. The number of ether oxygens (including phenoxy) is 2. The number of hydrogen-bond acceptors (Lipinski definition) is 5. The molecule has 0 amide bonds. The molecule has 0 N–H and O–H groups in total. The zero-order valence-corrected chi connectivity index (χ0v) is 15.0. The maximum absolute atomic E-state index is 12.7. The minimum absolute atomic E-state index is 0.0835. The Morgan fingerprint density at radius 1 is 0.857 bits per heavy atom. The molecule has 0 unspecified atom stereocenters. The first-order valence-electron chi connectivity index (χ1n) is 8.67. The molecule has 0 fully saturated rings. The van der Waals surface area contributed by atoms with Crippen molar-refractivity contribution in [3.8, 4) is 28.4 Å². The van der Waals surface area contributed by atoms with E-state index in [1.165, 1.54) is 19.3 Å². The van der Waals surface area contributed by atoms with Gasteiger partial charge < -0.3 is 13.9 Å². The van der Waals surface area contributed by atoms with Crippen molar-refractivity contribution in [1.29, 1.82) is 0 Å². The molecule has 0 bridgehead atoms. The lowest BCUT2D eigenvalue weighted by atomic mass is 10.1. The molecule has 0 saturated carbocycles. The van der Waals surface area contributed by atoms with E-state index >= 15 is 0 Å². The maximum Gasteiger partial charge on any atom is 0.308 e. The van der Waals surface area contributed by atoms with Crippen LogP contribution in [-0.2, 0) is 4.79 Å². The van der Waals surface area contributed by atoms with E-state index < -0.39 is 5.97 Å². The summed E-state index contributed by atoms with van der Waals surface area (Å²) in [4.78, 5) is 23.7. The minimum atomic E-state index is -0.444. The van der Waals surface area contributed by atoms with Crippen LogP contribution in [0.5, 0.6) is 17.2 Å². The molecule has 5 heteroatoms. The van der Waals surface area contributed by atoms with Gasteiger partial charge >= 0.3 is 5.97 Å². The third-order valence-corrected chi connectivity index (χ3v) is 4.17. The summed E-state index contributed by atoms with van der Waals surface area (Å²) in [5.41, 5.74) is 2.16. The van der Waals surface area contributed by atoms with Crippen LogP contribution in [0.15, 0.2) is 88.3 Å². The van der Waals surface area contributed by atoms with Crippen LogP contribution in [0, 0.1) is 0 Å². The van der Waals surface area contributed by atoms with Crippen molar-refractivity contribution >= 4 is 16.9 Å². The predicted molar refractivity (Wildman–Crippen MR) is 106 cm³/mol. The van der Waals surface area contributed by atoms with Gasteiger partial charge in [-0.2, -0.15) is 0 Å². The van der Waals surface area contributed by atoms with Crippen molar-refractivity contribution in [2.75, 3.05) is 0 Å². The molecule has 0 atom stereocenters. The van der Waals surface area contributed by atoms with E-state index in [0.717, 1.165) is 11.1 Å². The van der Waals surface area contributed by atoms with Gasteiger partial charge in [0.05, 0.1) is 5.39 Å². The summed E-state index contributed by atoms with van der Waals surface area (Å²) in [6.07, 6.45) is 1.26. The largest absolute Gasteiger partial charge is 0.460 e. The van der Waals surface area contributed by atoms with Gasteiger partial charge in [0.1, 0.15) is 23.3 Å². The van der Waals surface area contributed by atoms with Gasteiger partial charge in [-0.3, -0.25) is 9.59 Å². The number of rotatable bonds is 4. The molecule has 4 aromatic rings. The van der Waals surface area contributed by atoms with Crippen molar-refractivity contribution in [2.24, 2.45) is 0 Å². The number of benzene rings is 3. The molecule has 1 aromatic heterocycles. The summed E-state index contributed by atoms with van der Waals surface area (Å²) in [7, 11) is 0. The first kappa shape index (κ1) is 17.5. The first-order valence-corrected chi connectivity index (χ1v) is 8.67. The number of hydrogen-bond donors (Lipinski definition) is 0. The number of carbonyl (C=O) groups is 1. The predicted octanol–water partition coefficient (Wildman–Crippen LogP) is 5.18. The van der Waals surface area contributed by atoms with Gasteiger partial charge in [-0.05, 0) is 35.4 Å². The van der Waals surface area contributed by atoms with Gasteiger partial charge in [0.15, 0.2) is 0 Å². The Kier molecular flexibility index (Phi) is 4.64.